The summed E-state index contributed by atoms with van der Waals surface area (Å²) in [6, 6.07) is 0.340. The first kappa shape index (κ1) is 16.0. The second-order valence-corrected chi connectivity index (χ2v) is 6.19. The van der Waals surface area contributed by atoms with Gasteiger partial charge in [-0.25, -0.2) is 9.97 Å². The van der Waals surface area contributed by atoms with Crippen LogP contribution in [0.4, 0.5) is 11.6 Å². The molecule has 1 fully saturated rings. The van der Waals surface area contributed by atoms with Crippen molar-refractivity contribution in [2.24, 2.45) is 0 Å². The smallest absolute Gasteiger partial charge is 0.137 e. The van der Waals surface area contributed by atoms with Crippen LogP contribution in [0.1, 0.15) is 52.5 Å². The molecule has 0 saturated carbocycles. The molecule has 118 valence electrons. The number of anilines is 2. The minimum atomic E-state index is 0.239. The molecule has 2 atom stereocenters. The predicted octanol–water partition coefficient (Wildman–Crippen LogP) is 3.04. The SMILES string of the molecule is CCCNc1ncnc(N2CC(C)OCC2C)c1C(C)C. The summed E-state index contributed by atoms with van der Waals surface area (Å²) in [5, 5.41) is 3.44. The van der Waals surface area contributed by atoms with Gasteiger partial charge in [0, 0.05) is 18.7 Å². The molecule has 1 aliphatic rings. The number of nitrogens with zero attached hydrogens (tertiary/aromatic N) is 3. The number of aromatic nitrogens is 2. The lowest BCUT2D eigenvalue weighted by Gasteiger charge is -2.39. The Morgan fingerprint density at radius 3 is 2.81 bits per heavy atom. The third kappa shape index (κ3) is 3.64. The molecule has 0 amide bonds. The van der Waals surface area contributed by atoms with Gasteiger partial charge in [0.15, 0.2) is 0 Å². The minimum absolute atomic E-state index is 0.239. The van der Waals surface area contributed by atoms with Gasteiger partial charge in [-0.3, -0.25) is 0 Å². The molecule has 1 aromatic heterocycles. The fraction of sp³-hybridized carbons (Fsp3) is 0.750. The summed E-state index contributed by atoms with van der Waals surface area (Å²) in [5.74, 6) is 2.41. The molecule has 5 nitrogen and oxygen atoms in total. The van der Waals surface area contributed by atoms with Crippen LogP contribution in [-0.4, -0.2) is 41.8 Å². The number of hydrogen-bond donors (Lipinski definition) is 1. The van der Waals surface area contributed by atoms with Crippen LogP contribution < -0.4 is 10.2 Å². The van der Waals surface area contributed by atoms with Crippen LogP contribution in [0.25, 0.3) is 0 Å². The number of hydrogen-bond acceptors (Lipinski definition) is 5. The van der Waals surface area contributed by atoms with E-state index in [9.17, 15) is 0 Å². The summed E-state index contributed by atoms with van der Waals surface area (Å²) in [6.07, 6.45) is 3.00. The average molecular weight is 292 g/mol. The standard InChI is InChI=1S/C16H28N4O/c1-6-7-17-15-14(11(2)3)16(19-10-18-15)20-8-13(5)21-9-12(20)4/h10-13H,6-9H2,1-5H3,(H,17,18,19). The highest BCUT2D eigenvalue weighted by Crippen LogP contribution is 2.33. The Balaban J connectivity index is 2.37. The maximum Gasteiger partial charge on any atom is 0.137 e. The van der Waals surface area contributed by atoms with Gasteiger partial charge in [-0.15, -0.1) is 0 Å². The Morgan fingerprint density at radius 1 is 1.38 bits per heavy atom. The molecule has 1 saturated heterocycles. The molecule has 2 heterocycles. The molecule has 0 radical (unpaired) electrons. The average Bonchev–Trinajstić information content (AvgIpc) is 2.47. The van der Waals surface area contributed by atoms with Gasteiger partial charge in [0.2, 0.25) is 0 Å². The van der Waals surface area contributed by atoms with Crippen LogP contribution in [0.3, 0.4) is 0 Å². The molecule has 0 bridgehead atoms. The second kappa shape index (κ2) is 7.07. The van der Waals surface area contributed by atoms with E-state index in [1.54, 1.807) is 6.33 Å². The van der Waals surface area contributed by atoms with Crippen LogP contribution in [0.2, 0.25) is 0 Å². The Labute approximate surface area is 128 Å². The van der Waals surface area contributed by atoms with Crippen molar-refractivity contribution < 1.29 is 4.74 Å². The first-order valence-corrected chi connectivity index (χ1v) is 8.01. The molecular formula is C16H28N4O. The Kier molecular flexibility index (Phi) is 5.39. The number of morpholine rings is 1. The molecule has 0 spiro atoms. The van der Waals surface area contributed by atoms with Gasteiger partial charge in [-0.05, 0) is 26.2 Å². The van der Waals surface area contributed by atoms with Gasteiger partial charge in [0.05, 0.1) is 18.8 Å². The highest BCUT2D eigenvalue weighted by atomic mass is 16.5. The molecule has 21 heavy (non-hydrogen) atoms. The largest absolute Gasteiger partial charge is 0.375 e. The molecule has 0 aromatic carbocycles. The van der Waals surface area contributed by atoms with Crippen molar-refractivity contribution in [1.82, 2.24) is 9.97 Å². The molecule has 2 unspecified atom stereocenters. The van der Waals surface area contributed by atoms with E-state index in [0.717, 1.165) is 37.8 Å². The molecule has 2 rings (SSSR count). The zero-order valence-electron chi connectivity index (χ0n) is 13.9. The van der Waals surface area contributed by atoms with Crippen molar-refractivity contribution in [2.75, 3.05) is 29.9 Å². The normalized spacial score (nSPS) is 22.7. The predicted molar refractivity (Wildman–Crippen MR) is 87.1 cm³/mol. The maximum absolute atomic E-state index is 5.74. The van der Waals surface area contributed by atoms with E-state index < -0.39 is 0 Å². The molecule has 5 heteroatoms. The van der Waals surface area contributed by atoms with E-state index in [4.69, 9.17) is 4.74 Å². The molecule has 1 N–H and O–H groups in total. The summed E-state index contributed by atoms with van der Waals surface area (Å²) < 4.78 is 5.74. The van der Waals surface area contributed by atoms with Crippen molar-refractivity contribution in [2.45, 2.75) is 59.1 Å². The van der Waals surface area contributed by atoms with Crippen LogP contribution in [-0.2, 0) is 4.74 Å². The molecule has 1 aromatic rings. The number of nitrogens with one attached hydrogen (secondary N) is 1. The van der Waals surface area contributed by atoms with Gasteiger partial charge in [-0.2, -0.15) is 0 Å². The zero-order valence-corrected chi connectivity index (χ0v) is 13.9. The first-order chi connectivity index (χ1) is 10.0. The molecular weight excluding hydrogens is 264 g/mol. The van der Waals surface area contributed by atoms with Gasteiger partial charge < -0.3 is 15.0 Å². The van der Waals surface area contributed by atoms with Crippen molar-refractivity contribution in [3.63, 3.8) is 0 Å². The fourth-order valence-corrected chi connectivity index (χ4v) is 2.73. The third-order valence-electron chi connectivity index (χ3n) is 3.86. The van der Waals surface area contributed by atoms with Crippen LogP contribution in [0.15, 0.2) is 6.33 Å². The number of ether oxygens (including phenoxy) is 1. The van der Waals surface area contributed by atoms with Gasteiger partial charge in [0.1, 0.15) is 18.0 Å². The third-order valence-corrected chi connectivity index (χ3v) is 3.86. The highest BCUT2D eigenvalue weighted by molar-refractivity contribution is 5.61. The molecule has 0 aliphatic carbocycles. The van der Waals surface area contributed by atoms with Crippen LogP contribution in [0.5, 0.6) is 0 Å². The summed E-state index contributed by atoms with van der Waals surface area (Å²) in [6.45, 7) is 13.4. The van der Waals surface area contributed by atoms with Crippen molar-refractivity contribution in [3.05, 3.63) is 11.9 Å². The molecule has 1 aliphatic heterocycles. The van der Waals surface area contributed by atoms with Crippen molar-refractivity contribution in [1.29, 1.82) is 0 Å². The summed E-state index contributed by atoms with van der Waals surface area (Å²) >= 11 is 0. The summed E-state index contributed by atoms with van der Waals surface area (Å²) in [4.78, 5) is 11.4. The zero-order chi connectivity index (χ0) is 15.4. The summed E-state index contributed by atoms with van der Waals surface area (Å²) in [5.41, 5.74) is 1.21. The Hall–Kier alpha value is -1.36. The minimum Gasteiger partial charge on any atom is -0.375 e. The monoisotopic (exact) mass is 292 g/mol. The van der Waals surface area contributed by atoms with Crippen molar-refractivity contribution >= 4 is 11.6 Å². The van der Waals surface area contributed by atoms with E-state index in [1.807, 2.05) is 0 Å². The highest BCUT2D eigenvalue weighted by Gasteiger charge is 2.28. The topological polar surface area (TPSA) is 50.3 Å². The van der Waals surface area contributed by atoms with E-state index in [-0.39, 0.29) is 6.10 Å². The van der Waals surface area contributed by atoms with Gasteiger partial charge in [0.25, 0.3) is 0 Å². The lowest BCUT2D eigenvalue weighted by Crippen LogP contribution is -2.48. The summed E-state index contributed by atoms with van der Waals surface area (Å²) in [7, 11) is 0. The van der Waals surface area contributed by atoms with Crippen LogP contribution in [0, 0.1) is 0 Å². The first-order valence-electron chi connectivity index (χ1n) is 8.01. The van der Waals surface area contributed by atoms with E-state index >= 15 is 0 Å². The Morgan fingerprint density at radius 2 is 2.14 bits per heavy atom. The lowest BCUT2D eigenvalue weighted by molar-refractivity contribution is 0.0339. The fourth-order valence-electron chi connectivity index (χ4n) is 2.73. The van der Waals surface area contributed by atoms with E-state index in [0.29, 0.717) is 12.0 Å². The van der Waals surface area contributed by atoms with Crippen molar-refractivity contribution in [3.8, 4) is 0 Å². The second-order valence-electron chi connectivity index (χ2n) is 6.19. The van der Waals surface area contributed by atoms with Crippen LogP contribution >= 0.6 is 0 Å². The number of rotatable bonds is 5. The Bertz CT molecular complexity index is 464. The van der Waals surface area contributed by atoms with Gasteiger partial charge in [-0.1, -0.05) is 20.8 Å². The van der Waals surface area contributed by atoms with E-state index in [1.165, 1.54) is 5.56 Å². The maximum atomic E-state index is 5.74. The quantitative estimate of drug-likeness (QED) is 0.904. The van der Waals surface area contributed by atoms with Gasteiger partial charge >= 0.3 is 0 Å². The lowest BCUT2D eigenvalue weighted by atomic mass is 10.0. The van der Waals surface area contributed by atoms with E-state index in [2.05, 4.69) is 54.8 Å².